The lowest BCUT2D eigenvalue weighted by Crippen LogP contribution is -2.48. The molecule has 0 aromatic rings. The van der Waals surface area contributed by atoms with Gasteiger partial charge in [-0.3, -0.25) is 0 Å². The molecule has 0 aliphatic heterocycles. The Morgan fingerprint density at radius 3 is 2.18 bits per heavy atom. The van der Waals surface area contributed by atoms with Crippen molar-refractivity contribution in [3.05, 3.63) is 0 Å². The highest BCUT2D eigenvalue weighted by Crippen LogP contribution is 2.28. The lowest BCUT2D eigenvalue weighted by atomic mass is 9.83. The smallest absolute Gasteiger partial charge is 0.107 e. The monoisotopic (exact) mass is 245 g/mol. The molecule has 4 nitrogen and oxygen atoms in total. The summed E-state index contributed by atoms with van der Waals surface area (Å²) < 4.78 is 0. The summed E-state index contributed by atoms with van der Waals surface area (Å²) in [4.78, 5) is 0. The zero-order valence-corrected chi connectivity index (χ0v) is 10.8. The SMILES string of the molecule is CCC(O)[C@H](O)C(O)C(N)CC1CCCCC1. The van der Waals surface area contributed by atoms with Crippen LogP contribution in [0, 0.1) is 5.92 Å². The molecule has 3 unspecified atom stereocenters. The van der Waals surface area contributed by atoms with Gasteiger partial charge in [0.05, 0.1) is 12.2 Å². The zero-order valence-electron chi connectivity index (χ0n) is 10.8. The van der Waals surface area contributed by atoms with Crippen LogP contribution in [0.2, 0.25) is 0 Å². The van der Waals surface area contributed by atoms with Gasteiger partial charge < -0.3 is 21.1 Å². The number of nitrogens with two attached hydrogens (primary N) is 1. The van der Waals surface area contributed by atoms with Crippen LogP contribution < -0.4 is 5.73 Å². The van der Waals surface area contributed by atoms with Crippen molar-refractivity contribution in [3.63, 3.8) is 0 Å². The van der Waals surface area contributed by atoms with Gasteiger partial charge in [0.25, 0.3) is 0 Å². The van der Waals surface area contributed by atoms with Crippen LogP contribution >= 0.6 is 0 Å². The van der Waals surface area contributed by atoms with E-state index in [1.165, 1.54) is 32.1 Å². The summed E-state index contributed by atoms with van der Waals surface area (Å²) >= 11 is 0. The van der Waals surface area contributed by atoms with Crippen molar-refractivity contribution in [2.45, 2.75) is 76.2 Å². The molecule has 0 spiro atoms. The van der Waals surface area contributed by atoms with E-state index < -0.39 is 24.4 Å². The van der Waals surface area contributed by atoms with Gasteiger partial charge in [0.1, 0.15) is 6.10 Å². The topological polar surface area (TPSA) is 86.7 Å². The first kappa shape index (κ1) is 14.9. The average molecular weight is 245 g/mol. The van der Waals surface area contributed by atoms with E-state index in [-0.39, 0.29) is 0 Å². The van der Waals surface area contributed by atoms with Gasteiger partial charge in [-0.2, -0.15) is 0 Å². The molecule has 0 saturated heterocycles. The number of aliphatic hydroxyl groups excluding tert-OH is 3. The summed E-state index contributed by atoms with van der Waals surface area (Å²) in [5.41, 5.74) is 5.92. The van der Waals surface area contributed by atoms with Crippen molar-refractivity contribution in [2.75, 3.05) is 0 Å². The highest BCUT2D eigenvalue weighted by atomic mass is 16.4. The lowest BCUT2D eigenvalue weighted by molar-refractivity contribution is -0.0709. The Labute approximate surface area is 104 Å². The summed E-state index contributed by atoms with van der Waals surface area (Å²) in [5.74, 6) is 0.569. The van der Waals surface area contributed by atoms with Crippen molar-refractivity contribution >= 4 is 0 Å². The minimum Gasteiger partial charge on any atom is -0.390 e. The molecule has 0 radical (unpaired) electrons. The van der Waals surface area contributed by atoms with Gasteiger partial charge in [0.15, 0.2) is 0 Å². The molecule has 102 valence electrons. The summed E-state index contributed by atoms with van der Waals surface area (Å²) in [6.45, 7) is 1.77. The first-order valence-corrected chi connectivity index (χ1v) is 6.86. The predicted molar refractivity (Wildman–Crippen MR) is 67.5 cm³/mol. The molecular weight excluding hydrogens is 218 g/mol. The Bertz CT molecular complexity index is 207. The number of aliphatic hydroxyl groups is 3. The minimum atomic E-state index is -1.13. The fraction of sp³-hybridized carbons (Fsp3) is 1.00. The molecule has 0 amide bonds. The van der Waals surface area contributed by atoms with Crippen molar-refractivity contribution in [3.8, 4) is 0 Å². The van der Waals surface area contributed by atoms with Crippen LogP contribution in [0.25, 0.3) is 0 Å². The van der Waals surface area contributed by atoms with Gasteiger partial charge in [-0.25, -0.2) is 0 Å². The average Bonchev–Trinajstić information content (AvgIpc) is 2.37. The molecular formula is C13H27NO3. The molecule has 1 saturated carbocycles. The van der Waals surface area contributed by atoms with E-state index in [4.69, 9.17) is 5.73 Å². The van der Waals surface area contributed by atoms with Crippen LogP contribution in [-0.2, 0) is 0 Å². The molecule has 1 aliphatic rings. The van der Waals surface area contributed by atoms with Crippen LogP contribution in [-0.4, -0.2) is 39.7 Å². The zero-order chi connectivity index (χ0) is 12.8. The summed E-state index contributed by atoms with van der Waals surface area (Å²) in [5, 5.41) is 29.1. The van der Waals surface area contributed by atoms with Crippen LogP contribution in [0.5, 0.6) is 0 Å². The van der Waals surface area contributed by atoms with E-state index in [0.29, 0.717) is 12.3 Å². The van der Waals surface area contributed by atoms with Crippen LogP contribution in [0.4, 0.5) is 0 Å². The van der Waals surface area contributed by atoms with Gasteiger partial charge in [0.2, 0.25) is 0 Å². The number of rotatable bonds is 6. The third-order valence-electron chi connectivity index (χ3n) is 3.93. The summed E-state index contributed by atoms with van der Waals surface area (Å²) in [7, 11) is 0. The second kappa shape index (κ2) is 7.31. The largest absolute Gasteiger partial charge is 0.390 e. The van der Waals surface area contributed by atoms with E-state index in [0.717, 1.165) is 6.42 Å². The Balaban J connectivity index is 2.37. The molecule has 1 aliphatic carbocycles. The molecule has 0 aromatic heterocycles. The molecule has 0 bridgehead atoms. The fourth-order valence-corrected chi connectivity index (χ4v) is 2.67. The molecule has 4 atom stereocenters. The molecule has 17 heavy (non-hydrogen) atoms. The van der Waals surface area contributed by atoms with Gasteiger partial charge in [-0.15, -0.1) is 0 Å². The second-order valence-corrected chi connectivity index (χ2v) is 5.36. The van der Waals surface area contributed by atoms with E-state index in [2.05, 4.69) is 0 Å². The van der Waals surface area contributed by atoms with E-state index in [9.17, 15) is 15.3 Å². The van der Waals surface area contributed by atoms with Gasteiger partial charge in [-0.1, -0.05) is 39.0 Å². The lowest BCUT2D eigenvalue weighted by Gasteiger charge is -2.30. The van der Waals surface area contributed by atoms with Gasteiger partial charge in [-0.05, 0) is 18.8 Å². The van der Waals surface area contributed by atoms with Crippen molar-refractivity contribution in [2.24, 2.45) is 11.7 Å². The minimum absolute atomic E-state index is 0.425. The van der Waals surface area contributed by atoms with Crippen molar-refractivity contribution < 1.29 is 15.3 Å². The predicted octanol–water partition coefficient (Wildman–Crippen LogP) is 0.777. The van der Waals surface area contributed by atoms with Crippen LogP contribution in [0.1, 0.15) is 51.9 Å². The highest BCUT2D eigenvalue weighted by Gasteiger charge is 2.30. The third kappa shape index (κ3) is 4.54. The van der Waals surface area contributed by atoms with Crippen molar-refractivity contribution in [1.82, 2.24) is 0 Å². The first-order valence-electron chi connectivity index (χ1n) is 6.86. The standard InChI is InChI=1S/C13H27NO3/c1-2-11(15)13(17)12(16)10(14)8-9-6-4-3-5-7-9/h9-13,15-17H,2-8,14H2,1H3/t10?,11?,12?,13-/m0/s1. The Hall–Kier alpha value is -0.160. The molecule has 0 heterocycles. The third-order valence-corrected chi connectivity index (χ3v) is 3.93. The Morgan fingerprint density at radius 1 is 1.06 bits per heavy atom. The summed E-state index contributed by atoms with van der Waals surface area (Å²) in [6.07, 6.45) is 4.27. The van der Waals surface area contributed by atoms with Gasteiger partial charge in [0, 0.05) is 6.04 Å². The first-order chi connectivity index (χ1) is 8.06. The van der Waals surface area contributed by atoms with E-state index >= 15 is 0 Å². The van der Waals surface area contributed by atoms with Crippen molar-refractivity contribution in [1.29, 1.82) is 0 Å². The second-order valence-electron chi connectivity index (χ2n) is 5.36. The normalized spacial score (nSPS) is 25.2. The van der Waals surface area contributed by atoms with Crippen LogP contribution in [0.3, 0.4) is 0 Å². The summed E-state index contributed by atoms with van der Waals surface area (Å²) in [6, 6.07) is -0.436. The maximum Gasteiger partial charge on any atom is 0.107 e. The number of hydrogen-bond donors (Lipinski definition) is 4. The quantitative estimate of drug-likeness (QED) is 0.557. The van der Waals surface area contributed by atoms with E-state index in [1.807, 2.05) is 0 Å². The Kier molecular flexibility index (Phi) is 6.41. The fourth-order valence-electron chi connectivity index (χ4n) is 2.67. The molecule has 0 aromatic carbocycles. The molecule has 1 rings (SSSR count). The number of hydrogen-bond acceptors (Lipinski definition) is 4. The molecule has 4 heteroatoms. The molecule has 1 fully saturated rings. The highest BCUT2D eigenvalue weighted by molar-refractivity contribution is 4.85. The van der Waals surface area contributed by atoms with Crippen LogP contribution in [0.15, 0.2) is 0 Å². The van der Waals surface area contributed by atoms with Gasteiger partial charge >= 0.3 is 0 Å². The molecule has 5 N–H and O–H groups in total. The van der Waals surface area contributed by atoms with E-state index in [1.54, 1.807) is 6.92 Å². The maximum absolute atomic E-state index is 9.88. The maximum atomic E-state index is 9.88. The Morgan fingerprint density at radius 2 is 1.65 bits per heavy atom.